The summed E-state index contributed by atoms with van der Waals surface area (Å²) in [7, 11) is 2.00. The van der Waals surface area contributed by atoms with E-state index < -0.39 is 0 Å². The fourth-order valence-electron chi connectivity index (χ4n) is 2.21. The summed E-state index contributed by atoms with van der Waals surface area (Å²) in [5.41, 5.74) is 1.30. The molecule has 1 heterocycles. The third-order valence-corrected chi connectivity index (χ3v) is 3.41. The van der Waals surface area contributed by atoms with Crippen molar-refractivity contribution in [3.05, 3.63) is 34.9 Å². The summed E-state index contributed by atoms with van der Waals surface area (Å²) >= 11 is 5.87. The molecule has 0 aliphatic carbocycles. The smallest absolute Gasteiger partial charge is 0.0732 e. The van der Waals surface area contributed by atoms with E-state index >= 15 is 0 Å². The van der Waals surface area contributed by atoms with Gasteiger partial charge in [-0.2, -0.15) is 0 Å². The van der Waals surface area contributed by atoms with Crippen LogP contribution in [0, 0.1) is 0 Å². The number of hydrogen-bond donors (Lipinski definition) is 1. The van der Waals surface area contributed by atoms with Crippen LogP contribution in [0.5, 0.6) is 0 Å². The van der Waals surface area contributed by atoms with E-state index in [0.29, 0.717) is 12.1 Å². The Kier molecular flexibility index (Phi) is 4.22. The fraction of sp³-hybridized carbons (Fsp3) is 0.538. The van der Waals surface area contributed by atoms with Gasteiger partial charge in [0.25, 0.3) is 0 Å². The number of likely N-dealkylation sites (N-methyl/N-ethyl adjacent to an activating group) is 1. The Balaban J connectivity index is 1.97. The summed E-state index contributed by atoms with van der Waals surface area (Å²) in [6.45, 7) is 0.906. The van der Waals surface area contributed by atoms with E-state index in [1.165, 1.54) is 18.4 Å². The van der Waals surface area contributed by atoms with E-state index in [1.807, 2.05) is 19.2 Å². The topological polar surface area (TPSA) is 21.3 Å². The molecule has 0 radical (unpaired) electrons. The molecule has 1 saturated heterocycles. The predicted octanol–water partition coefficient (Wildman–Crippen LogP) is 2.65. The maximum atomic E-state index is 5.87. The van der Waals surface area contributed by atoms with Crippen LogP contribution >= 0.6 is 11.6 Å². The van der Waals surface area contributed by atoms with Crippen molar-refractivity contribution >= 4 is 11.6 Å². The highest BCUT2D eigenvalue weighted by Crippen LogP contribution is 2.19. The van der Waals surface area contributed by atoms with Crippen molar-refractivity contribution in [1.29, 1.82) is 0 Å². The van der Waals surface area contributed by atoms with Crippen LogP contribution in [0.2, 0.25) is 5.02 Å². The lowest BCUT2D eigenvalue weighted by atomic mass is 10.00. The normalized spacial score (nSPS) is 22.2. The minimum absolute atomic E-state index is 0.362. The highest BCUT2D eigenvalue weighted by atomic mass is 35.5. The molecule has 1 N–H and O–H groups in total. The van der Waals surface area contributed by atoms with Gasteiger partial charge in [0.1, 0.15) is 0 Å². The zero-order chi connectivity index (χ0) is 11.4. The monoisotopic (exact) mass is 239 g/mol. The van der Waals surface area contributed by atoms with Gasteiger partial charge in [0.05, 0.1) is 6.10 Å². The van der Waals surface area contributed by atoms with E-state index in [4.69, 9.17) is 16.3 Å². The molecule has 0 saturated carbocycles. The van der Waals surface area contributed by atoms with Gasteiger partial charge in [-0.25, -0.2) is 0 Å². The number of rotatable bonds is 4. The molecule has 2 atom stereocenters. The molecule has 0 bridgehead atoms. The first-order valence-electron chi connectivity index (χ1n) is 5.83. The van der Waals surface area contributed by atoms with Crippen molar-refractivity contribution in [2.45, 2.75) is 31.4 Å². The highest BCUT2D eigenvalue weighted by Gasteiger charge is 2.24. The Morgan fingerprint density at radius 1 is 1.44 bits per heavy atom. The molecule has 0 aromatic heterocycles. The molecule has 3 heteroatoms. The Morgan fingerprint density at radius 2 is 2.19 bits per heavy atom. The van der Waals surface area contributed by atoms with E-state index in [0.717, 1.165) is 18.1 Å². The third kappa shape index (κ3) is 2.97. The van der Waals surface area contributed by atoms with E-state index in [2.05, 4.69) is 17.4 Å². The zero-order valence-electron chi connectivity index (χ0n) is 9.58. The number of ether oxygens (including phenoxy) is 1. The van der Waals surface area contributed by atoms with Crippen molar-refractivity contribution in [3.63, 3.8) is 0 Å². The molecule has 16 heavy (non-hydrogen) atoms. The molecule has 0 amide bonds. The van der Waals surface area contributed by atoms with Gasteiger partial charge in [-0.05, 0) is 44.0 Å². The van der Waals surface area contributed by atoms with Gasteiger partial charge in [0.15, 0.2) is 0 Å². The predicted molar refractivity (Wildman–Crippen MR) is 67.0 cm³/mol. The van der Waals surface area contributed by atoms with Crippen LogP contribution in [0.4, 0.5) is 0 Å². The molecular weight excluding hydrogens is 222 g/mol. The second-order valence-corrected chi connectivity index (χ2v) is 4.71. The van der Waals surface area contributed by atoms with Crippen LogP contribution in [0.15, 0.2) is 24.3 Å². The van der Waals surface area contributed by atoms with Crippen LogP contribution < -0.4 is 5.32 Å². The second-order valence-electron chi connectivity index (χ2n) is 4.28. The Hall–Kier alpha value is -0.570. The largest absolute Gasteiger partial charge is 0.377 e. The fourth-order valence-corrected chi connectivity index (χ4v) is 2.34. The van der Waals surface area contributed by atoms with Gasteiger partial charge >= 0.3 is 0 Å². The average Bonchev–Trinajstić information content (AvgIpc) is 2.82. The number of hydrogen-bond acceptors (Lipinski definition) is 2. The highest BCUT2D eigenvalue weighted by molar-refractivity contribution is 6.30. The van der Waals surface area contributed by atoms with Crippen molar-refractivity contribution in [1.82, 2.24) is 5.32 Å². The van der Waals surface area contributed by atoms with Crippen molar-refractivity contribution in [3.8, 4) is 0 Å². The van der Waals surface area contributed by atoms with Crippen LogP contribution in [-0.4, -0.2) is 25.8 Å². The van der Waals surface area contributed by atoms with Crippen LogP contribution in [-0.2, 0) is 11.2 Å². The molecule has 1 aromatic rings. The molecule has 2 rings (SSSR count). The minimum Gasteiger partial charge on any atom is -0.377 e. The lowest BCUT2D eigenvalue weighted by molar-refractivity contribution is 0.0808. The van der Waals surface area contributed by atoms with E-state index in [9.17, 15) is 0 Å². The summed E-state index contributed by atoms with van der Waals surface area (Å²) in [4.78, 5) is 0. The van der Waals surface area contributed by atoms with Crippen LogP contribution in [0.1, 0.15) is 18.4 Å². The number of nitrogens with one attached hydrogen (secondary N) is 1. The molecule has 1 fully saturated rings. The third-order valence-electron chi connectivity index (χ3n) is 3.15. The number of benzene rings is 1. The summed E-state index contributed by atoms with van der Waals surface area (Å²) in [6, 6.07) is 8.46. The van der Waals surface area contributed by atoms with E-state index in [-0.39, 0.29) is 0 Å². The number of halogens is 1. The molecule has 0 spiro atoms. The van der Waals surface area contributed by atoms with Gasteiger partial charge in [0, 0.05) is 17.7 Å². The molecule has 2 nitrogen and oxygen atoms in total. The van der Waals surface area contributed by atoms with Gasteiger partial charge in [0.2, 0.25) is 0 Å². The molecule has 1 aliphatic heterocycles. The zero-order valence-corrected chi connectivity index (χ0v) is 10.3. The van der Waals surface area contributed by atoms with E-state index in [1.54, 1.807) is 0 Å². The summed E-state index contributed by atoms with van der Waals surface area (Å²) in [5.74, 6) is 0. The summed E-state index contributed by atoms with van der Waals surface area (Å²) in [5, 5.41) is 4.14. The quantitative estimate of drug-likeness (QED) is 0.872. The van der Waals surface area contributed by atoms with Gasteiger partial charge in [-0.3, -0.25) is 0 Å². The Bertz CT molecular complexity index is 319. The SMILES string of the molecule is CNC(Cc1ccc(Cl)cc1)C1CCCO1. The molecule has 2 unspecified atom stereocenters. The van der Waals surface area contributed by atoms with Gasteiger partial charge < -0.3 is 10.1 Å². The van der Waals surface area contributed by atoms with Crippen molar-refractivity contribution in [2.75, 3.05) is 13.7 Å². The first kappa shape index (κ1) is 11.9. The van der Waals surface area contributed by atoms with Crippen LogP contribution in [0.3, 0.4) is 0 Å². The first-order chi connectivity index (χ1) is 7.79. The molecule has 1 aromatic carbocycles. The molecular formula is C13H18ClNO. The maximum Gasteiger partial charge on any atom is 0.0732 e. The maximum absolute atomic E-state index is 5.87. The lowest BCUT2D eigenvalue weighted by Gasteiger charge is -2.22. The second kappa shape index (κ2) is 5.67. The Labute approximate surface area is 102 Å². The summed E-state index contributed by atoms with van der Waals surface area (Å²) in [6.07, 6.45) is 3.71. The standard InChI is InChI=1S/C13H18ClNO/c1-15-12(13-3-2-8-16-13)9-10-4-6-11(14)7-5-10/h4-7,12-13,15H,2-3,8-9H2,1H3. The Morgan fingerprint density at radius 3 is 2.75 bits per heavy atom. The van der Waals surface area contributed by atoms with Gasteiger partial charge in [-0.15, -0.1) is 0 Å². The molecule has 1 aliphatic rings. The first-order valence-corrected chi connectivity index (χ1v) is 6.20. The van der Waals surface area contributed by atoms with Crippen molar-refractivity contribution in [2.24, 2.45) is 0 Å². The summed E-state index contributed by atoms with van der Waals surface area (Å²) < 4.78 is 5.71. The molecule has 88 valence electrons. The lowest BCUT2D eigenvalue weighted by Crippen LogP contribution is -2.39. The van der Waals surface area contributed by atoms with Gasteiger partial charge in [-0.1, -0.05) is 23.7 Å². The average molecular weight is 240 g/mol. The minimum atomic E-state index is 0.362. The van der Waals surface area contributed by atoms with Crippen molar-refractivity contribution < 1.29 is 4.74 Å². The van der Waals surface area contributed by atoms with Crippen LogP contribution in [0.25, 0.3) is 0 Å².